The number of nitrogens with one attached hydrogen (secondary N) is 1. The van der Waals surface area contributed by atoms with Gasteiger partial charge in [-0.2, -0.15) is 12.6 Å². The molecule has 0 saturated heterocycles. The van der Waals surface area contributed by atoms with Crippen LogP contribution in [0.15, 0.2) is 12.7 Å². The number of hydrogen-bond donors (Lipinski definition) is 2. The van der Waals surface area contributed by atoms with E-state index in [1.54, 1.807) is 11.0 Å². The number of carbonyl (C=O) groups is 2. The summed E-state index contributed by atoms with van der Waals surface area (Å²) in [5, 5.41) is 2.60. The smallest absolute Gasteiger partial charge is 0.246 e. The fraction of sp³-hybridized carbons (Fsp3) is 0.667. The van der Waals surface area contributed by atoms with Gasteiger partial charge in [0.2, 0.25) is 11.8 Å². The van der Waals surface area contributed by atoms with Crippen molar-refractivity contribution in [1.82, 2.24) is 10.2 Å². The minimum atomic E-state index is -0.588. The lowest BCUT2D eigenvalue weighted by molar-refractivity contribution is -0.139. The maximum atomic E-state index is 12.3. The standard InChI is InChI=1S/C12H22N2O2S/c1-6-7-14(12(3,4)5)11(16)10(8-17)13-9(2)15/h6,10,17H,1,7-8H2,2-5H3,(H,13,15). The molecule has 0 radical (unpaired) electrons. The van der Waals surface area contributed by atoms with E-state index < -0.39 is 6.04 Å². The number of amides is 2. The van der Waals surface area contributed by atoms with Crippen LogP contribution in [0.3, 0.4) is 0 Å². The first-order chi connectivity index (χ1) is 7.73. The second-order valence-corrected chi connectivity index (χ2v) is 5.21. The summed E-state index contributed by atoms with van der Waals surface area (Å²) >= 11 is 4.10. The molecule has 0 aromatic carbocycles. The molecule has 0 saturated carbocycles. The van der Waals surface area contributed by atoms with E-state index in [0.29, 0.717) is 6.54 Å². The SMILES string of the molecule is C=CCN(C(=O)C(CS)NC(C)=O)C(C)(C)C. The molecular weight excluding hydrogens is 236 g/mol. The summed E-state index contributed by atoms with van der Waals surface area (Å²) in [4.78, 5) is 25.0. The van der Waals surface area contributed by atoms with Crippen LogP contribution >= 0.6 is 12.6 Å². The van der Waals surface area contributed by atoms with Crippen molar-refractivity contribution in [3.8, 4) is 0 Å². The van der Waals surface area contributed by atoms with Crippen molar-refractivity contribution in [2.75, 3.05) is 12.3 Å². The summed E-state index contributed by atoms with van der Waals surface area (Å²) in [6.07, 6.45) is 1.67. The van der Waals surface area contributed by atoms with Crippen LogP contribution in [0.4, 0.5) is 0 Å². The van der Waals surface area contributed by atoms with E-state index in [4.69, 9.17) is 0 Å². The Morgan fingerprint density at radius 1 is 1.47 bits per heavy atom. The summed E-state index contributed by atoms with van der Waals surface area (Å²) in [6.45, 7) is 11.3. The van der Waals surface area contributed by atoms with Crippen LogP contribution in [-0.2, 0) is 9.59 Å². The highest BCUT2D eigenvalue weighted by Crippen LogP contribution is 2.15. The van der Waals surface area contributed by atoms with E-state index in [0.717, 1.165) is 0 Å². The minimum absolute atomic E-state index is 0.136. The van der Waals surface area contributed by atoms with Crippen LogP contribution in [0.25, 0.3) is 0 Å². The lowest BCUT2D eigenvalue weighted by atomic mass is 10.0. The molecule has 0 spiro atoms. The van der Waals surface area contributed by atoms with Crippen molar-refractivity contribution in [2.24, 2.45) is 0 Å². The molecular formula is C12H22N2O2S. The Labute approximate surface area is 109 Å². The van der Waals surface area contributed by atoms with E-state index in [-0.39, 0.29) is 23.1 Å². The van der Waals surface area contributed by atoms with Gasteiger partial charge in [-0.1, -0.05) is 6.08 Å². The number of thiol groups is 1. The summed E-state index contributed by atoms with van der Waals surface area (Å²) in [6, 6.07) is -0.588. The topological polar surface area (TPSA) is 49.4 Å². The van der Waals surface area contributed by atoms with Gasteiger partial charge in [-0.15, -0.1) is 6.58 Å². The first-order valence-corrected chi connectivity index (χ1v) is 6.17. The Bertz CT molecular complexity index is 297. The van der Waals surface area contributed by atoms with Gasteiger partial charge in [-0.25, -0.2) is 0 Å². The molecule has 0 aromatic rings. The molecule has 17 heavy (non-hydrogen) atoms. The monoisotopic (exact) mass is 258 g/mol. The van der Waals surface area contributed by atoms with Crippen molar-refractivity contribution >= 4 is 24.4 Å². The van der Waals surface area contributed by atoms with Gasteiger partial charge in [0.15, 0.2) is 0 Å². The Morgan fingerprint density at radius 2 is 2.00 bits per heavy atom. The van der Waals surface area contributed by atoms with Crippen molar-refractivity contribution in [1.29, 1.82) is 0 Å². The van der Waals surface area contributed by atoms with Crippen LogP contribution in [0.2, 0.25) is 0 Å². The van der Waals surface area contributed by atoms with Crippen LogP contribution in [-0.4, -0.2) is 40.6 Å². The molecule has 5 heteroatoms. The number of rotatable bonds is 5. The molecule has 0 aliphatic heterocycles. The molecule has 0 rings (SSSR count). The zero-order valence-corrected chi connectivity index (χ0v) is 11.9. The van der Waals surface area contributed by atoms with E-state index in [9.17, 15) is 9.59 Å². The average molecular weight is 258 g/mol. The zero-order chi connectivity index (χ0) is 13.6. The van der Waals surface area contributed by atoms with Gasteiger partial charge in [0.1, 0.15) is 6.04 Å². The molecule has 0 aliphatic carbocycles. The summed E-state index contributed by atoms with van der Waals surface area (Å²) in [5.74, 6) is -0.0882. The van der Waals surface area contributed by atoms with Gasteiger partial charge < -0.3 is 10.2 Å². The molecule has 4 nitrogen and oxygen atoms in total. The third kappa shape index (κ3) is 5.26. The fourth-order valence-corrected chi connectivity index (χ4v) is 1.69. The number of hydrogen-bond acceptors (Lipinski definition) is 3. The Morgan fingerprint density at radius 3 is 2.29 bits per heavy atom. The van der Waals surface area contributed by atoms with Gasteiger partial charge in [0.05, 0.1) is 0 Å². The van der Waals surface area contributed by atoms with Crippen molar-refractivity contribution < 1.29 is 9.59 Å². The van der Waals surface area contributed by atoms with E-state index >= 15 is 0 Å². The van der Waals surface area contributed by atoms with Gasteiger partial charge in [-0.05, 0) is 20.8 Å². The normalized spacial score (nSPS) is 12.8. The summed E-state index contributed by atoms with van der Waals surface area (Å²) in [7, 11) is 0. The minimum Gasteiger partial charge on any atom is -0.344 e. The highest BCUT2D eigenvalue weighted by molar-refractivity contribution is 7.80. The highest BCUT2D eigenvalue weighted by Gasteiger charge is 2.30. The van der Waals surface area contributed by atoms with Crippen LogP contribution < -0.4 is 5.32 Å². The molecule has 1 N–H and O–H groups in total. The highest BCUT2D eigenvalue weighted by atomic mass is 32.1. The fourth-order valence-electron chi connectivity index (χ4n) is 1.44. The van der Waals surface area contributed by atoms with Gasteiger partial charge in [-0.3, -0.25) is 9.59 Å². The quantitative estimate of drug-likeness (QED) is 0.576. The maximum Gasteiger partial charge on any atom is 0.246 e. The van der Waals surface area contributed by atoms with Crippen LogP contribution in [0, 0.1) is 0 Å². The molecule has 0 fully saturated rings. The third-order valence-corrected chi connectivity index (χ3v) is 2.61. The van der Waals surface area contributed by atoms with Crippen LogP contribution in [0.1, 0.15) is 27.7 Å². The van der Waals surface area contributed by atoms with E-state index in [2.05, 4.69) is 24.5 Å². The van der Waals surface area contributed by atoms with Crippen molar-refractivity contribution in [2.45, 2.75) is 39.3 Å². The van der Waals surface area contributed by atoms with Gasteiger partial charge in [0.25, 0.3) is 0 Å². The number of nitrogens with zero attached hydrogens (tertiary/aromatic N) is 1. The molecule has 0 aromatic heterocycles. The van der Waals surface area contributed by atoms with Crippen LogP contribution in [0.5, 0.6) is 0 Å². The molecule has 0 bridgehead atoms. The van der Waals surface area contributed by atoms with E-state index in [1.165, 1.54) is 6.92 Å². The first-order valence-electron chi connectivity index (χ1n) is 5.54. The Hall–Kier alpha value is -0.970. The van der Waals surface area contributed by atoms with Crippen molar-refractivity contribution in [3.63, 3.8) is 0 Å². The second-order valence-electron chi connectivity index (χ2n) is 4.84. The van der Waals surface area contributed by atoms with E-state index in [1.807, 2.05) is 20.8 Å². The number of carbonyl (C=O) groups excluding carboxylic acids is 2. The Balaban J connectivity index is 4.91. The third-order valence-electron chi connectivity index (χ3n) is 2.25. The average Bonchev–Trinajstić information content (AvgIpc) is 2.19. The maximum absolute atomic E-state index is 12.3. The summed E-state index contributed by atoms with van der Waals surface area (Å²) < 4.78 is 0. The predicted molar refractivity (Wildman–Crippen MR) is 73.1 cm³/mol. The Kier molecular flexibility index (Phi) is 6.31. The molecule has 0 heterocycles. The van der Waals surface area contributed by atoms with Crippen molar-refractivity contribution in [3.05, 3.63) is 12.7 Å². The molecule has 2 amide bonds. The molecule has 98 valence electrons. The largest absolute Gasteiger partial charge is 0.344 e. The molecule has 1 unspecified atom stereocenters. The predicted octanol–water partition coefficient (Wildman–Crippen LogP) is 1.23. The lowest BCUT2D eigenvalue weighted by Crippen LogP contribution is -2.55. The second kappa shape index (κ2) is 6.69. The van der Waals surface area contributed by atoms with Gasteiger partial charge >= 0.3 is 0 Å². The lowest BCUT2D eigenvalue weighted by Gasteiger charge is -2.37. The molecule has 0 aliphatic rings. The summed E-state index contributed by atoms with van der Waals surface area (Å²) in [5.41, 5.74) is -0.315. The molecule has 1 atom stereocenters. The first kappa shape index (κ1) is 16.0. The van der Waals surface area contributed by atoms with Gasteiger partial charge in [0, 0.05) is 24.8 Å². The zero-order valence-electron chi connectivity index (χ0n) is 11.0.